The minimum Gasteiger partial charge on any atom is -0.322 e. The average Bonchev–Trinajstić information content (AvgIpc) is 2.20. The first-order chi connectivity index (χ1) is 6.77. The van der Waals surface area contributed by atoms with Crippen molar-refractivity contribution in [3.8, 4) is 0 Å². The number of nitrogens with zero attached hydrogens (tertiary/aromatic N) is 4. The van der Waals surface area contributed by atoms with Crippen LogP contribution in [0.3, 0.4) is 0 Å². The summed E-state index contributed by atoms with van der Waals surface area (Å²) in [5.74, 6) is 10.9. The van der Waals surface area contributed by atoms with Gasteiger partial charge in [-0.1, -0.05) is 6.08 Å². The lowest BCUT2D eigenvalue weighted by atomic mass is 10.3. The molecule has 0 saturated carbocycles. The molecule has 1 aromatic rings. The second-order valence-corrected chi connectivity index (χ2v) is 2.49. The summed E-state index contributed by atoms with van der Waals surface area (Å²) < 4.78 is 0. The van der Waals surface area contributed by atoms with Gasteiger partial charge in [-0.25, -0.2) is 10.9 Å². The molecule has 1 rings (SSSR count). The maximum Gasteiger partial charge on any atom is 0.170 e. The van der Waals surface area contributed by atoms with Crippen molar-refractivity contribution in [2.24, 2.45) is 16.8 Å². The summed E-state index contributed by atoms with van der Waals surface area (Å²) in [4.78, 5) is 0. The molecule has 1 heterocycles. The van der Waals surface area contributed by atoms with Gasteiger partial charge < -0.3 is 5.84 Å². The molecular weight excluding hydrogens is 180 g/mol. The van der Waals surface area contributed by atoms with E-state index in [4.69, 9.17) is 11.7 Å². The van der Waals surface area contributed by atoms with Gasteiger partial charge in [0.2, 0.25) is 0 Å². The molecular formula is C8H12N6. The van der Waals surface area contributed by atoms with Crippen LogP contribution in [-0.2, 0) is 0 Å². The molecule has 0 atom stereocenters. The molecule has 0 spiro atoms. The molecule has 0 bridgehead atoms. The monoisotopic (exact) mass is 192 g/mol. The maximum atomic E-state index is 5.51. The number of nitrogens with two attached hydrogens (primary N) is 2. The first-order valence-electron chi connectivity index (χ1n) is 4.01. The molecule has 6 heteroatoms. The van der Waals surface area contributed by atoms with Gasteiger partial charge in [0.25, 0.3) is 0 Å². The Labute approximate surface area is 81.9 Å². The summed E-state index contributed by atoms with van der Waals surface area (Å²) >= 11 is 0. The Hall–Kier alpha value is -1.95. The van der Waals surface area contributed by atoms with Crippen molar-refractivity contribution in [2.75, 3.05) is 5.01 Å². The van der Waals surface area contributed by atoms with Gasteiger partial charge in [-0.2, -0.15) is 5.10 Å². The first-order valence-corrected chi connectivity index (χ1v) is 4.01. The molecule has 0 fully saturated rings. The van der Waals surface area contributed by atoms with Crippen LogP contribution in [0.25, 0.3) is 6.08 Å². The highest BCUT2D eigenvalue weighted by Crippen LogP contribution is 2.04. The molecule has 14 heavy (non-hydrogen) atoms. The normalized spacial score (nSPS) is 11.3. The van der Waals surface area contributed by atoms with Gasteiger partial charge in [0.15, 0.2) is 5.82 Å². The Morgan fingerprint density at radius 3 is 2.71 bits per heavy atom. The Morgan fingerprint density at radius 2 is 2.21 bits per heavy atom. The second-order valence-electron chi connectivity index (χ2n) is 2.49. The minimum absolute atomic E-state index is 0.479. The van der Waals surface area contributed by atoms with Gasteiger partial charge in [0, 0.05) is 0 Å². The van der Waals surface area contributed by atoms with E-state index in [1.807, 2.05) is 19.1 Å². The van der Waals surface area contributed by atoms with Gasteiger partial charge in [0.05, 0.1) is 5.69 Å². The number of hydrogen-bond acceptors (Lipinski definition) is 5. The summed E-state index contributed by atoms with van der Waals surface area (Å²) in [5, 5.41) is 12.2. The molecule has 6 nitrogen and oxygen atoms in total. The highest BCUT2D eigenvalue weighted by Gasteiger charge is 1.99. The van der Waals surface area contributed by atoms with Crippen LogP contribution in [0.5, 0.6) is 0 Å². The molecule has 0 aliphatic rings. The number of hydrazone groups is 1. The van der Waals surface area contributed by atoms with Crippen LogP contribution in [-0.4, -0.2) is 16.5 Å². The summed E-state index contributed by atoms with van der Waals surface area (Å²) in [6, 6.07) is 3.52. The van der Waals surface area contributed by atoms with Crippen LogP contribution in [0.4, 0.5) is 5.82 Å². The summed E-state index contributed by atoms with van der Waals surface area (Å²) in [6.45, 7) is 1.91. The van der Waals surface area contributed by atoms with Crippen LogP contribution in [0, 0.1) is 0 Å². The first kappa shape index (κ1) is 10.1. The molecule has 4 N–H and O–H groups in total. The smallest absolute Gasteiger partial charge is 0.170 e. The van der Waals surface area contributed by atoms with Crippen LogP contribution in [0.2, 0.25) is 0 Å². The number of aromatic nitrogens is 2. The fourth-order valence-corrected chi connectivity index (χ4v) is 0.864. The number of hydrogen-bond donors (Lipinski definition) is 2. The lowest BCUT2D eigenvalue weighted by Crippen LogP contribution is -2.30. The van der Waals surface area contributed by atoms with E-state index < -0.39 is 0 Å². The SMILES string of the molecule is C/C=C/c1ccc(N(N)/C=N\N)nn1. The second kappa shape index (κ2) is 4.93. The predicted octanol–water partition coefficient (Wildman–Crippen LogP) is 0.0918. The molecule has 0 amide bonds. The molecule has 0 saturated heterocycles. The van der Waals surface area contributed by atoms with E-state index in [9.17, 15) is 0 Å². The number of rotatable bonds is 3. The van der Waals surface area contributed by atoms with Gasteiger partial charge in [0.1, 0.15) is 6.34 Å². The van der Waals surface area contributed by atoms with Crippen LogP contribution < -0.4 is 16.7 Å². The lowest BCUT2D eigenvalue weighted by molar-refractivity contribution is 0.964. The minimum atomic E-state index is 0.479. The van der Waals surface area contributed by atoms with Gasteiger partial charge in [-0.3, -0.25) is 0 Å². The third-order valence-electron chi connectivity index (χ3n) is 1.46. The van der Waals surface area contributed by atoms with Crippen molar-refractivity contribution in [3.63, 3.8) is 0 Å². The fraction of sp³-hybridized carbons (Fsp3) is 0.125. The van der Waals surface area contributed by atoms with E-state index in [-0.39, 0.29) is 0 Å². The van der Waals surface area contributed by atoms with Gasteiger partial charge in [-0.15, -0.1) is 10.2 Å². The summed E-state index contributed by atoms with van der Waals surface area (Å²) in [7, 11) is 0. The van der Waals surface area contributed by atoms with Crippen molar-refractivity contribution >= 4 is 18.2 Å². The Morgan fingerprint density at radius 1 is 1.43 bits per heavy atom. The highest BCUT2D eigenvalue weighted by atomic mass is 15.5. The fourth-order valence-electron chi connectivity index (χ4n) is 0.864. The van der Waals surface area contributed by atoms with E-state index in [2.05, 4.69) is 15.3 Å². The van der Waals surface area contributed by atoms with Crippen LogP contribution in [0.15, 0.2) is 23.3 Å². The number of anilines is 1. The Kier molecular flexibility index (Phi) is 3.57. The van der Waals surface area contributed by atoms with Gasteiger partial charge >= 0.3 is 0 Å². The summed E-state index contributed by atoms with van der Waals surface area (Å²) in [5.41, 5.74) is 0.773. The molecule has 1 aromatic heterocycles. The quantitative estimate of drug-likeness (QED) is 0.306. The molecule has 0 unspecified atom stereocenters. The van der Waals surface area contributed by atoms with E-state index in [0.29, 0.717) is 5.82 Å². The molecule has 74 valence electrons. The summed E-state index contributed by atoms with van der Waals surface area (Å²) in [6.07, 6.45) is 4.97. The maximum absolute atomic E-state index is 5.51. The molecule has 0 aliphatic heterocycles. The number of allylic oxidation sites excluding steroid dienone is 1. The van der Waals surface area contributed by atoms with E-state index in [1.165, 1.54) is 11.3 Å². The molecule has 0 aromatic carbocycles. The largest absolute Gasteiger partial charge is 0.322 e. The predicted molar refractivity (Wildman–Crippen MR) is 56.1 cm³/mol. The van der Waals surface area contributed by atoms with Crippen molar-refractivity contribution < 1.29 is 0 Å². The van der Waals surface area contributed by atoms with Crippen LogP contribution >= 0.6 is 0 Å². The zero-order valence-electron chi connectivity index (χ0n) is 7.83. The van der Waals surface area contributed by atoms with E-state index >= 15 is 0 Å². The zero-order chi connectivity index (χ0) is 10.4. The average molecular weight is 192 g/mol. The third-order valence-corrected chi connectivity index (χ3v) is 1.46. The highest BCUT2D eigenvalue weighted by molar-refractivity contribution is 5.75. The van der Waals surface area contributed by atoms with Crippen molar-refractivity contribution in [1.29, 1.82) is 0 Å². The zero-order valence-corrected chi connectivity index (χ0v) is 7.83. The molecule has 0 aliphatic carbocycles. The molecule has 0 radical (unpaired) electrons. The Balaban J connectivity index is 2.82. The standard InChI is InChI=1S/C8H12N6/c1-2-3-7-4-5-8(13-12-7)14(10)6-11-9/h2-6H,9-10H2,1H3/b3-2+,11-6-. The third kappa shape index (κ3) is 2.53. The topological polar surface area (TPSA) is 93.4 Å². The lowest BCUT2D eigenvalue weighted by Gasteiger charge is -2.08. The van der Waals surface area contributed by atoms with E-state index in [0.717, 1.165) is 5.69 Å². The van der Waals surface area contributed by atoms with Crippen molar-refractivity contribution in [2.45, 2.75) is 6.92 Å². The van der Waals surface area contributed by atoms with Crippen LogP contribution in [0.1, 0.15) is 12.6 Å². The van der Waals surface area contributed by atoms with Crippen molar-refractivity contribution in [3.05, 3.63) is 23.9 Å². The number of hydrazine groups is 1. The van der Waals surface area contributed by atoms with Gasteiger partial charge in [-0.05, 0) is 25.1 Å². The van der Waals surface area contributed by atoms with E-state index in [1.54, 1.807) is 12.1 Å². The Bertz CT molecular complexity index is 328. The van der Waals surface area contributed by atoms with Crippen molar-refractivity contribution in [1.82, 2.24) is 10.2 Å².